The monoisotopic (exact) mass is 433 g/mol. The Bertz CT molecular complexity index is 1130. The second kappa shape index (κ2) is 7.75. The molecule has 7 nitrogen and oxygen atoms in total. The van der Waals surface area contributed by atoms with Crippen LogP contribution in [0.25, 0.3) is 15.5 Å². The van der Waals surface area contributed by atoms with E-state index in [2.05, 4.69) is 20.6 Å². The summed E-state index contributed by atoms with van der Waals surface area (Å²) >= 11 is 13.4. The second-order valence-corrected chi connectivity index (χ2v) is 7.67. The standard InChI is InChI=1S/C18H13Cl2N5O2S/c1-10(27-15-6-5-12(19)8-14(15)20)16(26)22-13-4-2-3-11(7-13)17-24-25-9-21-23-18(25)28-17/h2-10H,1H3,(H,22,26)/t10-/m0/s1. The van der Waals surface area contributed by atoms with Crippen LogP contribution >= 0.6 is 34.5 Å². The Balaban J connectivity index is 1.47. The van der Waals surface area contributed by atoms with Crippen LogP contribution in [0.15, 0.2) is 48.8 Å². The molecule has 0 aliphatic rings. The van der Waals surface area contributed by atoms with Crippen molar-refractivity contribution in [2.75, 3.05) is 5.32 Å². The van der Waals surface area contributed by atoms with Crippen LogP contribution in [-0.2, 0) is 4.79 Å². The normalized spacial score (nSPS) is 12.1. The van der Waals surface area contributed by atoms with Gasteiger partial charge in [0.15, 0.2) is 6.10 Å². The maximum Gasteiger partial charge on any atom is 0.265 e. The highest BCUT2D eigenvalue weighted by Crippen LogP contribution is 2.29. The topological polar surface area (TPSA) is 81.4 Å². The lowest BCUT2D eigenvalue weighted by Crippen LogP contribution is -2.30. The molecule has 2 heterocycles. The second-order valence-electron chi connectivity index (χ2n) is 5.87. The highest BCUT2D eigenvalue weighted by atomic mass is 35.5. The van der Waals surface area contributed by atoms with Crippen molar-refractivity contribution < 1.29 is 9.53 Å². The van der Waals surface area contributed by atoms with Crippen molar-refractivity contribution in [3.05, 3.63) is 58.8 Å². The first kappa shape index (κ1) is 18.7. The molecule has 0 unspecified atom stereocenters. The number of fused-ring (bicyclic) bond motifs is 1. The van der Waals surface area contributed by atoms with E-state index in [-0.39, 0.29) is 5.91 Å². The molecule has 0 fully saturated rings. The van der Waals surface area contributed by atoms with Gasteiger partial charge < -0.3 is 10.1 Å². The highest BCUT2D eigenvalue weighted by molar-refractivity contribution is 7.19. The lowest BCUT2D eigenvalue weighted by Gasteiger charge is -2.16. The first-order chi connectivity index (χ1) is 13.5. The van der Waals surface area contributed by atoms with Gasteiger partial charge in [-0.15, -0.1) is 10.2 Å². The Morgan fingerprint density at radius 3 is 2.89 bits per heavy atom. The summed E-state index contributed by atoms with van der Waals surface area (Å²) in [5, 5.41) is 16.6. The van der Waals surface area contributed by atoms with E-state index in [0.717, 1.165) is 10.6 Å². The number of anilines is 1. The van der Waals surface area contributed by atoms with Gasteiger partial charge in [-0.3, -0.25) is 4.79 Å². The van der Waals surface area contributed by atoms with Gasteiger partial charge in [0, 0.05) is 16.3 Å². The number of hydrogen-bond donors (Lipinski definition) is 1. The van der Waals surface area contributed by atoms with E-state index in [1.165, 1.54) is 11.3 Å². The van der Waals surface area contributed by atoms with Crippen molar-refractivity contribution in [3.8, 4) is 16.3 Å². The zero-order valence-corrected chi connectivity index (χ0v) is 16.8. The van der Waals surface area contributed by atoms with Gasteiger partial charge in [-0.05, 0) is 37.3 Å². The molecule has 0 bridgehead atoms. The van der Waals surface area contributed by atoms with E-state index in [1.54, 1.807) is 42.0 Å². The molecule has 2 aromatic heterocycles. The van der Waals surface area contributed by atoms with Crippen molar-refractivity contribution in [3.63, 3.8) is 0 Å². The van der Waals surface area contributed by atoms with Crippen LogP contribution in [0, 0.1) is 0 Å². The predicted molar refractivity (Wildman–Crippen MR) is 109 cm³/mol. The molecular formula is C18H13Cl2N5O2S. The molecule has 142 valence electrons. The number of halogens is 2. The third-order valence-electron chi connectivity index (χ3n) is 3.83. The van der Waals surface area contributed by atoms with Gasteiger partial charge in [0.2, 0.25) is 4.96 Å². The number of rotatable bonds is 5. The van der Waals surface area contributed by atoms with Crippen molar-refractivity contribution >= 4 is 51.1 Å². The molecule has 1 atom stereocenters. The van der Waals surface area contributed by atoms with E-state index < -0.39 is 6.10 Å². The molecule has 0 spiro atoms. The summed E-state index contributed by atoms with van der Waals surface area (Å²) in [7, 11) is 0. The minimum absolute atomic E-state index is 0.304. The van der Waals surface area contributed by atoms with Crippen molar-refractivity contribution in [1.82, 2.24) is 19.8 Å². The molecule has 0 saturated heterocycles. The van der Waals surface area contributed by atoms with Gasteiger partial charge in [-0.1, -0.05) is 46.7 Å². The van der Waals surface area contributed by atoms with Gasteiger partial charge in [0.1, 0.15) is 17.1 Å². The van der Waals surface area contributed by atoms with E-state index in [4.69, 9.17) is 27.9 Å². The van der Waals surface area contributed by atoms with Crippen LogP contribution in [0.5, 0.6) is 5.75 Å². The maximum atomic E-state index is 12.5. The Kier molecular flexibility index (Phi) is 5.17. The predicted octanol–water partition coefficient (Wildman–Crippen LogP) is 4.57. The summed E-state index contributed by atoms with van der Waals surface area (Å²) in [6.45, 7) is 1.65. The van der Waals surface area contributed by atoms with Gasteiger partial charge in [0.05, 0.1) is 5.02 Å². The Hall–Kier alpha value is -2.68. The number of nitrogens with zero attached hydrogens (tertiary/aromatic N) is 4. The van der Waals surface area contributed by atoms with Crippen LogP contribution < -0.4 is 10.1 Å². The first-order valence-corrected chi connectivity index (χ1v) is 9.77. The maximum absolute atomic E-state index is 12.5. The van der Waals surface area contributed by atoms with Crippen molar-refractivity contribution in [2.45, 2.75) is 13.0 Å². The van der Waals surface area contributed by atoms with E-state index in [0.29, 0.717) is 26.4 Å². The molecule has 1 N–H and O–H groups in total. The molecule has 2 aromatic carbocycles. The number of aromatic nitrogens is 4. The molecule has 28 heavy (non-hydrogen) atoms. The van der Waals surface area contributed by atoms with Crippen LogP contribution in [0.1, 0.15) is 6.92 Å². The zero-order valence-electron chi connectivity index (χ0n) is 14.5. The summed E-state index contributed by atoms with van der Waals surface area (Å²) < 4.78 is 7.26. The molecule has 0 saturated carbocycles. The zero-order chi connectivity index (χ0) is 19.7. The van der Waals surface area contributed by atoms with Crippen LogP contribution in [0.2, 0.25) is 10.0 Å². The summed E-state index contributed by atoms with van der Waals surface area (Å²) in [6, 6.07) is 12.2. The molecular weight excluding hydrogens is 421 g/mol. The van der Waals surface area contributed by atoms with Crippen LogP contribution in [0.3, 0.4) is 0 Å². The molecule has 0 radical (unpaired) electrons. The molecule has 1 amide bonds. The van der Waals surface area contributed by atoms with E-state index >= 15 is 0 Å². The number of ether oxygens (including phenoxy) is 1. The van der Waals surface area contributed by atoms with Gasteiger partial charge in [-0.2, -0.15) is 9.61 Å². The number of carbonyl (C=O) groups excluding carboxylic acids is 1. The quantitative estimate of drug-likeness (QED) is 0.498. The lowest BCUT2D eigenvalue weighted by molar-refractivity contribution is -0.122. The fraction of sp³-hybridized carbons (Fsp3) is 0.111. The highest BCUT2D eigenvalue weighted by Gasteiger charge is 2.17. The number of hydrogen-bond acceptors (Lipinski definition) is 6. The average Bonchev–Trinajstić information content (AvgIpc) is 3.26. The van der Waals surface area contributed by atoms with E-state index in [9.17, 15) is 4.79 Å². The fourth-order valence-electron chi connectivity index (χ4n) is 2.47. The molecule has 10 heteroatoms. The van der Waals surface area contributed by atoms with Gasteiger partial charge in [0.25, 0.3) is 5.91 Å². The van der Waals surface area contributed by atoms with Gasteiger partial charge in [-0.25, -0.2) is 0 Å². The third-order valence-corrected chi connectivity index (χ3v) is 5.32. The third kappa shape index (κ3) is 3.94. The SMILES string of the molecule is C[C@H](Oc1ccc(Cl)cc1Cl)C(=O)Nc1cccc(-c2nn3cnnc3s2)c1. The number of benzene rings is 2. The van der Waals surface area contributed by atoms with Gasteiger partial charge >= 0.3 is 0 Å². The van der Waals surface area contributed by atoms with Crippen molar-refractivity contribution in [1.29, 1.82) is 0 Å². The van der Waals surface area contributed by atoms with Crippen LogP contribution in [-0.4, -0.2) is 31.8 Å². The minimum Gasteiger partial charge on any atom is -0.479 e. The number of nitrogens with one attached hydrogen (secondary N) is 1. The summed E-state index contributed by atoms with van der Waals surface area (Å²) in [6.07, 6.45) is 0.790. The first-order valence-electron chi connectivity index (χ1n) is 8.19. The fourth-order valence-corrected chi connectivity index (χ4v) is 3.73. The summed E-state index contributed by atoms with van der Waals surface area (Å²) in [4.78, 5) is 13.2. The number of amides is 1. The number of carbonyl (C=O) groups is 1. The Morgan fingerprint density at radius 1 is 1.25 bits per heavy atom. The summed E-state index contributed by atoms with van der Waals surface area (Å²) in [5.74, 6) is 0.0866. The largest absolute Gasteiger partial charge is 0.479 e. The molecule has 4 rings (SSSR count). The minimum atomic E-state index is -0.753. The van der Waals surface area contributed by atoms with Crippen LogP contribution in [0.4, 0.5) is 5.69 Å². The molecule has 4 aromatic rings. The Labute approximate surface area is 173 Å². The lowest BCUT2D eigenvalue weighted by atomic mass is 10.2. The van der Waals surface area contributed by atoms with E-state index in [1.807, 2.05) is 18.2 Å². The average molecular weight is 434 g/mol. The molecule has 0 aliphatic carbocycles. The Morgan fingerprint density at radius 2 is 2.11 bits per heavy atom. The molecule has 0 aliphatic heterocycles. The summed E-state index contributed by atoms with van der Waals surface area (Å²) in [5.41, 5.74) is 1.49. The van der Waals surface area contributed by atoms with Crippen molar-refractivity contribution in [2.24, 2.45) is 0 Å². The smallest absolute Gasteiger partial charge is 0.265 e.